The van der Waals surface area contributed by atoms with E-state index < -0.39 is 0 Å². The quantitative estimate of drug-likeness (QED) is 0.789. The predicted octanol–water partition coefficient (Wildman–Crippen LogP) is 4.19. The molecule has 1 aromatic rings. The van der Waals surface area contributed by atoms with E-state index in [0.29, 0.717) is 11.1 Å². The van der Waals surface area contributed by atoms with Gasteiger partial charge in [-0.15, -0.1) is 0 Å². The first kappa shape index (κ1) is 14.3. The van der Waals surface area contributed by atoms with E-state index in [0.717, 1.165) is 18.7 Å². The summed E-state index contributed by atoms with van der Waals surface area (Å²) < 4.78 is 5.17. The van der Waals surface area contributed by atoms with E-state index >= 15 is 0 Å². The number of ether oxygens (including phenoxy) is 1. The summed E-state index contributed by atoms with van der Waals surface area (Å²) >= 11 is 6.16. The van der Waals surface area contributed by atoms with Crippen molar-refractivity contribution in [3.05, 3.63) is 28.8 Å². The molecule has 0 radical (unpaired) electrons. The highest BCUT2D eigenvalue weighted by Gasteiger charge is 2.11. The van der Waals surface area contributed by atoms with Gasteiger partial charge in [-0.05, 0) is 30.7 Å². The van der Waals surface area contributed by atoms with Crippen LogP contribution in [0.5, 0.6) is 5.75 Å². The second kappa shape index (κ2) is 7.57. The fourth-order valence-corrected chi connectivity index (χ4v) is 2.21. The van der Waals surface area contributed by atoms with E-state index in [-0.39, 0.29) is 0 Å². The van der Waals surface area contributed by atoms with E-state index in [4.69, 9.17) is 16.3 Å². The first-order valence-corrected chi connectivity index (χ1v) is 6.67. The summed E-state index contributed by atoms with van der Waals surface area (Å²) in [5.41, 5.74) is 1.24. The SMILES string of the molecule is CCCCC(NCC)c1ccc(OC)c(Cl)c1. The topological polar surface area (TPSA) is 21.3 Å². The minimum atomic E-state index is 0.392. The number of rotatable bonds is 7. The fourth-order valence-electron chi connectivity index (χ4n) is 1.94. The summed E-state index contributed by atoms with van der Waals surface area (Å²) in [6, 6.07) is 6.42. The highest BCUT2D eigenvalue weighted by atomic mass is 35.5. The number of halogens is 1. The van der Waals surface area contributed by atoms with Gasteiger partial charge in [0.1, 0.15) is 5.75 Å². The molecule has 17 heavy (non-hydrogen) atoms. The van der Waals surface area contributed by atoms with Gasteiger partial charge >= 0.3 is 0 Å². The Balaban J connectivity index is 2.82. The van der Waals surface area contributed by atoms with Crippen LogP contribution in [0.15, 0.2) is 18.2 Å². The van der Waals surface area contributed by atoms with Gasteiger partial charge in [-0.2, -0.15) is 0 Å². The average Bonchev–Trinajstić information content (AvgIpc) is 2.34. The van der Waals surface area contributed by atoms with Crippen LogP contribution in [0, 0.1) is 0 Å². The number of hydrogen-bond donors (Lipinski definition) is 1. The molecule has 3 heteroatoms. The Morgan fingerprint density at radius 3 is 2.65 bits per heavy atom. The summed E-state index contributed by atoms with van der Waals surface area (Å²) in [6.45, 7) is 5.31. The van der Waals surface area contributed by atoms with Gasteiger partial charge in [-0.25, -0.2) is 0 Å². The number of hydrogen-bond acceptors (Lipinski definition) is 2. The van der Waals surface area contributed by atoms with Crippen molar-refractivity contribution in [1.82, 2.24) is 5.32 Å². The molecule has 0 aromatic heterocycles. The molecule has 0 aliphatic heterocycles. The molecular formula is C14H22ClNO. The summed E-state index contributed by atoms with van der Waals surface area (Å²) in [6.07, 6.45) is 3.58. The monoisotopic (exact) mass is 255 g/mol. The number of benzene rings is 1. The largest absolute Gasteiger partial charge is 0.495 e. The van der Waals surface area contributed by atoms with Gasteiger partial charge in [0.05, 0.1) is 12.1 Å². The molecule has 96 valence electrons. The maximum Gasteiger partial charge on any atom is 0.137 e. The third-order valence-corrected chi connectivity index (χ3v) is 3.17. The van der Waals surface area contributed by atoms with Crippen molar-refractivity contribution in [2.45, 2.75) is 39.2 Å². The molecule has 0 bridgehead atoms. The lowest BCUT2D eigenvalue weighted by atomic mass is 10.0. The molecule has 0 fully saturated rings. The van der Waals surface area contributed by atoms with Gasteiger partial charge in [-0.3, -0.25) is 0 Å². The Morgan fingerprint density at radius 1 is 1.35 bits per heavy atom. The molecule has 1 unspecified atom stereocenters. The lowest BCUT2D eigenvalue weighted by Gasteiger charge is -2.19. The Labute approximate surface area is 109 Å². The molecule has 1 N–H and O–H groups in total. The highest BCUT2D eigenvalue weighted by Crippen LogP contribution is 2.29. The van der Waals surface area contributed by atoms with Crippen molar-refractivity contribution in [2.75, 3.05) is 13.7 Å². The molecule has 1 rings (SSSR count). The van der Waals surface area contributed by atoms with Gasteiger partial charge in [0.2, 0.25) is 0 Å². The Bertz CT molecular complexity index is 341. The molecule has 0 aliphatic carbocycles. The Kier molecular flexibility index (Phi) is 6.38. The van der Waals surface area contributed by atoms with Crippen molar-refractivity contribution in [3.8, 4) is 5.75 Å². The molecule has 0 spiro atoms. The maximum atomic E-state index is 6.16. The molecule has 0 saturated heterocycles. The number of nitrogens with one attached hydrogen (secondary N) is 1. The van der Waals surface area contributed by atoms with E-state index in [9.17, 15) is 0 Å². The van der Waals surface area contributed by atoms with Crippen LogP contribution >= 0.6 is 11.6 Å². The highest BCUT2D eigenvalue weighted by molar-refractivity contribution is 6.32. The standard InChI is InChI=1S/C14H22ClNO/c1-4-6-7-13(16-5-2)11-8-9-14(17-3)12(15)10-11/h8-10,13,16H,4-7H2,1-3H3. The van der Waals surface area contributed by atoms with Crippen LogP contribution in [0.25, 0.3) is 0 Å². The molecule has 1 aromatic carbocycles. The Morgan fingerprint density at radius 2 is 2.12 bits per heavy atom. The van der Waals surface area contributed by atoms with Gasteiger partial charge in [-0.1, -0.05) is 44.4 Å². The van der Waals surface area contributed by atoms with Crippen LogP contribution in [0.2, 0.25) is 5.02 Å². The maximum absolute atomic E-state index is 6.16. The lowest BCUT2D eigenvalue weighted by molar-refractivity contribution is 0.414. The molecule has 0 aliphatic rings. The molecule has 0 amide bonds. The molecular weight excluding hydrogens is 234 g/mol. The summed E-state index contributed by atoms with van der Waals surface area (Å²) in [7, 11) is 1.64. The minimum absolute atomic E-state index is 0.392. The summed E-state index contributed by atoms with van der Waals surface area (Å²) in [5, 5.41) is 4.18. The number of unbranched alkanes of at least 4 members (excludes halogenated alkanes) is 1. The van der Waals surface area contributed by atoms with E-state index in [1.165, 1.54) is 18.4 Å². The zero-order chi connectivity index (χ0) is 12.7. The van der Waals surface area contributed by atoms with Crippen LogP contribution in [-0.2, 0) is 0 Å². The van der Waals surface area contributed by atoms with Crippen molar-refractivity contribution in [2.24, 2.45) is 0 Å². The van der Waals surface area contributed by atoms with Crippen LogP contribution in [0.3, 0.4) is 0 Å². The zero-order valence-corrected chi connectivity index (χ0v) is 11.7. The van der Waals surface area contributed by atoms with Gasteiger partial charge < -0.3 is 10.1 Å². The minimum Gasteiger partial charge on any atom is -0.495 e. The van der Waals surface area contributed by atoms with Gasteiger partial charge in [0.25, 0.3) is 0 Å². The molecule has 0 saturated carbocycles. The van der Waals surface area contributed by atoms with Gasteiger partial charge in [0.15, 0.2) is 0 Å². The molecule has 2 nitrogen and oxygen atoms in total. The molecule has 1 atom stereocenters. The summed E-state index contributed by atoms with van der Waals surface area (Å²) in [5.74, 6) is 0.737. The van der Waals surface area contributed by atoms with E-state index in [1.807, 2.05) is 12.1 Å². The smallest absolute Gasteiger partial charge is 0.137 e. The number of methoxy groups -OCH3 is 1. The van der Waals surface area contributed by atoms with E-state index in [1.54, 1.807) is 7.11 Å². The first-order valence-electron chi connectivity index (χ1n) is 6.29. The second-order valence-corrected chi connectivity index (χ2v) is 4.55. The average molecular weight is 256 g/mol. The van der Waals surface area contributed by atoms with Crippen molar-refractivity contribution >= 4 is 11.6 Å². The van der Waals surface area contributed by atoms with Crippen LogP contribution in [0.1, 0.15) is 44.7 Å². The Hall–Kier alpha value is -0.730. The fraction of sp³-hybridized carbons (Fsp3) is 0.571. The van der Waals surface area contributed by atoms with E-state index in [2.05, 4.69) is 25.2 Å². The normalized spacial score (nSPS) is 12.5. The second-order valence-electron chi connectivity index (χ2n) is 4.15. The third-order valence-electron chi connectivity index (χ3n) is 2.88. The predicted molar refractivity (Wildman–Crippen MR) is 73.9 cm³/mol. The summed E-state index contributed by atoms with van der Waals surface area (Å²) in [4.78, 5) is 0. The lowest BCUT2D eigenvalue weighted by Crippen LogP contribution is -2.20. The molecule has 0 heterocycles. The van der Waals surface area contributed by atoms with Crippen molar-refractivity contribution in [1.29, 1.82) is 0 Å². The van der Waals surface area contributed by atoms with Crippen molar-refractivity contribution < 1.29 is 4.74 Å². The third kappa shape index (κ3) is 4.21. The van der Waals surface area contributed by atoms with Crippen LogP contribution in [-0.4, -0.2) is 13.7 Å². The van der Waals surface area contributed by atoms with Gasteiger partial charge in [0, 0.05) is 6.04 Å². The first-order chi connectivity index (χ1) is 8.22. The zero-order valence-electron chi connectivity index (χ0n) is 10.9. The van der Waals surface area contributed by atoms with Crippen LogP contribution < -0.4 is 10.1 Å². The van der Waals surface area contributed by atoms with Crippen LogP contribution in [0.4, 0.5) is 0 Å². The van der Waals surface area contributed by atoms with Crippen molar-refractivity contribution in [3.63, 3.8) is 0 Å².